The second-order valence-electron chi connectivity index (χ2n) is 7.06. The van der Waals surface area contributed by atoms with Crippen molar-refractivity contribution in [2.75, 3.05) is 0 Å². The molecule has 0 aromatic rings. The van der Waals surface area contributed by atoms with Gasteiger partial charge in [0.25, 0.3) is 0 Å². The molecule has 2 rings (SSSR count). The van der Waals surface area contributed by atoms with Crippen molar-refractivity contribution in [3.63, 3.8) is 0 Å². The summed E-state index contributed by atoms with van der Waals surface area (Å²) in [4.78, 5) is 0. The Kier molecular flexibility index (Phi) is 4.14. The van der Waals surface area contributed by atoms with Crippen molar-refractivity contribution in [1.29, 1.82) is 0 Å². The van der Waals surface area contributed by atoms with E-state index >= 15 is 0 Å². The Labute approximate surface area is 106 Å². The number of aliphatic hydroxyl groups is 1. The minimum absolute atomic E-state index is 0.106. The van der Waals surface area contributed by atoms with E-state index in [4.69, 9.17) is 4.74 Å². The molecule has 2 fully saturated rings. The molecular formula is C15H28O2. The van der Waals surface area contributed by atoms with Crippen molar-refractivity contribution in [3.05, 3.63) is 0 Å². The number of hydrogen-bond donors (Lipinski definition) is 1. The third-order valence-corrected chi connectivity index (χ3v) is 4.38. The Morgan fingerprint density at radius 1 is 1.12 bits per heavy atom. The lowest BCUT2D eigenvalue weighted by Gasteiger charge is -2.41. The van der Waals surface area contributed by atoms with Crippen molar-refractivity contribution in [2.45, 2.75) is 84.0 Å². The Bertz CT molecular complexity index is 249. The lowest BCUT2D eigenvalue weighted by molar-refractivity contribution is -0.121. The standard InChI is InChI=1S/C15H28O2/c1-11-8-12(10-15(2,3)9-11)17-14-7-5-4-6-13(14)16/h11-14,16H,4-10H2,1-3H3. The predicted octanol–water partition coefficient (Wildman–Crippen LogP) is 3.52. The molecule has 4 atom stereocenters. The molecule has 0 saturated heterocycles. The van der Waals surface area contributed by atoms with Crippen molar-refractivity contribution in [1.82, 2.24) is 0 Å². The molecule has 2 heteroatoms. The molecule has 2 saturated carbocycles. The van der Waals surface area contributed by atoms with Gasteiger partial charge < -0.3 is 9.84 Å². The van der Waals surface area contributed by atoms with Gasteiger partial charge in [-0.25, -0.2) is 0 Å². The zero-order valence-corrected chi connectivity index (χ0v) is 11.6. The minimum atomic E-state index is -0.218. The second kappa shape index (κ2) is 5.27. The van der Waals surface area contributed by atoms with Crippen LogP contribution in [-0.4, -0.2) is 23.4 Å². The SMILES string of the molecule is CC1CC(OC2CCCCC2O)CC(C)(C)C1. The molecule has 0 radical (unpaired) electrons. The van der Waals surface area contributed by atoms with E-state index in [9.17, 15) is 5.11 Å². The van der Waals surface area contributed by atoms with Crippen LogP contribution in [-0.2, 0) is 4.74 Å². The van der Waals surface area contributed by atoms with Gasteiger partial charge in [-0.05, 0) is 43.4 Å². The maximum Gasteiger partial charge on any atom is 0.0837 e. The highest BCUT2D eigenvalue weighted by Crippen LogP contribution is 2.40. The van der Waals surface area contributed by atoms with Crippen LogP contribution in [0.2, 0.25) is 0 Å². The Balaban J connectivity index is 1.89. The van der Waals surface area contributed by atoms with Crippen LogP contribution in [0.1, 0.15) is 65.7 Å². The van der Waals surface area contributed by atoms with E-state index < -0.39 is 0 Å². The molecule has 2 nitrogen and oxygen atoms in total. The van der Waals surface area contributed by atoms with Gasteiger partial charge in [0.2, 0.25) is 0 Å². The van der Waals surface area contributed by atoms with Gasteiger partial charge in [-0.3, -0.25) is 0 Å². The molecule has 1 N–H and O–H groups in total. The quantitative estimate of drug-likeness (QED) is 0.800. The summed E-state index contributed by atoms with van der Waals surface area (Å²) < 4.78 is 6.20. The number of aliphatic hydroxyl groups excluding tert-OH is 1. The fraction of sp³-hybridized carbons (Fsp3) is 1.00. The zero-order chi connectivity index (χ0) is 12.5. The van der Waals surface area contributed by atoms with Crippen molar-refractivity contribution in [3.8, 4) is 0 Å². The first-order valence-electron chi connectivity index (χ1n) is 7.30. The highest BCUT2D eigenvalue weighted by Gasteiger charge is 2.35. The van der Waals surface area contributed by atoms with Crippen LogP contribution in [0.25, 0.3) is 0 Å². The zero-order valence-electron chi connectivity index (χ0n) is 11.6. The van der Waals surface area contributed by atoms with E-state index in [1.54, 1.807) is 0 Å². The Morgan fingerprint density at radius 2 is 1.82 bits per heavy atom. The molecular weight excluding hydrogens is 212 g/mol. The van der Waals surface area contributed by atoms with Crippen molar-refractivity contribution >= 4 is 0 Å². The van der Waals surface area contributed by atoms with Crippen LogP contribution >= 0.6 is 0 Å². The maximum atomic E-state index is 9.97. The average molecular weight is 240 g/mol. The summed E-state index contributed by atoms with van der Waals surface area (Å²) in [5.41, 5.74) is 0.405. The fourth-order valence-electron chi connectivity index (χ4n) is 3.85. The molecule has 2 aliphatic carbocycles. The Morgan fingerprint density at radius 3 is 2.47 bits per heavy atom. The smallest absolute Gasteiger partial charge is 0.0837 e. The summed E-state index contributed by atoms with van der Waals surface area (Å²) in [5.74, 6) is 0.754. The predicted molar refractivity (Wildman–Crippen MR) is 69.9 cm³/mol. The van der Waals surface area contributed by atoms with Gasteiger partial charge in [-0.2, -0.15) is 0 Å². The first-order valence-corrected chi connectivity index (χ1v) is 7.30. The molecule has 2 aliphatic rings. The number of hydrogen-bond acceptors (Lipinski definition) is 2. The largest absolute Gasteiger partial charge is 0.390 e. The van der Waals surface area contributed by atoms with Gasteiger partial charge in [0.05, 0.1) is 18.3 Å². The normalized spacial score (nSPS) is 42.4. The van der Waals surface area contributed by atoms with Crippen LogP contribution in [0.3, 0.4) is 0 Å². The van der Waals surface area contributed by atoms with E-state index in [-0.39, 0.29) is 12.2 Å². The molecule has 0 aliphatic heterocycles. The van der Waals surface area contributed by atoms with Gasteiger partial charge >= 0.3 is 0 Å². The van der Waals surface area contributed by atoms with Gasteiger partial charge in [-0.1, -0.05) is 33.6 Å². The van der Waals surface area contributed by atoms with E-state index in [1.807, 2.05) is 0 Å². The van der Waals surface area contributed by atoms with Gasteiger partial charge in [-0.15, -0.1) is 0 Å². The number of ether oxygens (including phenoxy) is 1. The topological polar surface area (TPSA) is 29.5 Å². The minimum Gasteiger partial charge on any atom is -0.390 e. The summed E-state index contributed by atoms with van der Waals surface area (Å²) in [5, 5.41) is 9.97. The van der Waals surface area contributed by atoms with Crippen molar-refractivity contribution in [2.24, 2.45) is 11.3 Å². The molecule has 4 unspecified atom stereocenters. The summed E-state index contributed by atoms with van der Waals surface area (Å²) >= 11 is 0. The Hall–Kier alpha value is -0.0800. The van der Waals surface area contributed by atoms with E-state index in [2.05, 4.69) is 20.8 Å². The van der Waals surface area contributed by atoms with E-state index in [1.165, 1.54) is 19.3 Å². The van der Waals surface area contributed by atoms with E-state index in [0.717, 1.165) is 31.6 Å². The number of rotatable bonds is 2. The molecule has 0 spiro atoms. The summed E-state index contributed by atoms with van der Waals surface area (Å²) in [6.07, 6.45) is 8.24. The summed E-state index contributed by atoms with van der Waals surface area (Å²) in [6.45, 7) is 7.02. The van der Waals surface area contributed by atoms with Gasteiger partial charge in [0.15, 0.2) is 0 Å². The van der Waals surface area contributed by atoms with Crippen LogP contribution < -0.4 is 0 Å². The lowest BCUT2D eigenvalue weighted by atomic mass is 9.71. The van der Waals surface area contributed by atoms with Crippen LogP contribution in [0.15, 0.2) is 0 Å². The second-order valence-corrected chi connectivity index (χ2v) is 7.06. The van der Waals surface area contributed by atoms with Crippen LogP contribution in [0.4, 0.5) is 0 Å². The van der Waals surface area contributed by atoms with E-state index in [0.29, 0.717) is 11.5 Å². The lowest BCUT2D eigenvalue weighted by Crippen LogP contribution is -2.40. The molecule has 0 amide bonds. The highest BCUT2D eigenvalue weighted by molar-refractivity contribution is 4.85. The first-order chi connectivity index (χ1) is 7.96. The molecule has 0 aromatic carbocycles. The van der Waals surface area contributed by atoms with Gasteiger partial charge in [0.1, 0.15) is 0 Å². The van der Waals surface area contributed by atoms with Crippen LogP contribution in [0, 0.1) is 11.3 Å². The third kappa shape index (κ3) is 3.69. The molecule has 100 valence electrons. The third-order valence-electron chi connectivity index (χ3n) is 4.38. The molecule has 0 heterocycles. The van der Waals surface area contributed by atoms with Gasteiger partial charge in [0, 0.05) is 0 Å². The fourth-order valence-corrected chi connectivity index (χ4v) is 3.85. The molecule has 0 aromatic heterocycles. The summed E-state index contributed by atoms with van der Waals surface area (Å²) in [6, 6.07) is 0. The first kappa shape index (κ1) is 13.4. The summed E-state index contributed by atoms with van der Waals surface area (Å²) in [7, 11) is 0. The molecule has 17 heavy (non-hydrogen) atoms. The van der Waals surface area contributed by atoms with Crippen molar-refractivity contribution < 1.29 is 9.84 Å². The maximum absolute atomic E-state index is 9.97. The molecule has 0 bridgehead atoms. The highest BCUT2D eigenvalue weighted by atomic mass is 16.5. The average Bonchev–Trinajstić information content (AvgIpc) is 2.18. The van der Waals surface area contributed by atoms with Crippen LogP contribution in [0.5, 0.6) is 0 Å². The monoisotopic (exact) mass is 240 g/mol.